The molecule has 2 aromatic carbocycles. The summed E-state index contributed by atoms with van der Waals surface area (Å²) >= 11 is 0. The van der Waals surface area contributed by atoms with Gasteiger partial charge in [0.15, 0.2) is 0 Å². The molecule has 30 heavy (non-hydrogen) atoms. The minimum absolute atomic E-state index is 0.103. The van der Waals surface area contributed by atoms with Crippen molar-refractivity contribution in [2.24, 2.45) is 5.29 Å². The van der Waals surface area contributed by atoms with Gasteiger partial charge in [0, 0.05) is 30.4 Å². The molecule has 0 spiro atoms. The van der Waals surface area contributed by atoms with E-state index in [1.165, 1.54) is 39.9 Å². The van der Waals surface area contributed by atoms with E-state index in [4.69, 9.17) is 0 Å². The van der Waals surface area contributed by atoms with Crippen molar-refractivity contribution in [2.45, 2.75) is 0 Å². The molecule has 10 heteroatoms. The Morgan fingerprint density at radius 2 is 1.70 bits per heavy atom. The first-order valence-corrected chi connectivity index (χ1v) is 9.10. The van der Waals surface area contributed by atoms with Crippen molar-refractivity contribution in [1.29, 1.82) is 0 Å². The highest BCUT2D eigenvalue weighted by atomic mass is 19.1. The number of carboxylic acid groups (broad SMARTS) is 1. The number of carboxylic acids is 1. The number of halogens is 2. The van der Waals surface area contributed by atoms with Crippen LogP contribution in [0.2, 0.25) is 0 Å². The number of nitrogens with zero attached hydrogens (tertiary/aromatic N) is 4. The molecule has 154 valence electrons. The van der Waals surface area contributed by atoms with Gasteiger partial charge in [-0.3, -0.25) is 9.80 Å². The van der Waals surface area contributed by atoms with Crippen LogP contribution in [0.25, 0.3) is 16.6 Å². The Kier molecular flexibility index (Phi) is 4.90. The van der Waals surface area contributed by atoms with Crippen LogP contribution in [0.3, 0.4) is 0 Å². The molecule has 3 aromatic rings. The number of hydrogen-bond acceptors (Lipinski definition) is 5. The number of aromatic nitrogens is 1. The van der Waals surface area contributed by atoms with E-state index in [0.717, 1.165) is 12.3 Å². The largest absolute Gasteiger partial charge is 0.477 e. The van der Waals surface area contributed by atoms with Gasteiger partial charge in [-0.1, -0.05) is 0 Å². The number of pyridine rings is 1. The number of nitroso groups, excluding NO2 is 1. The molecule has 2 heterocycles. The first kappa shape index (κ1) is 19.5. The topological polar surface area (TPSA) is 95.2 Å². The molecule has 8 nitrogen and oxygen atoms in total. The lowest BCUT2D eigenvalue weighted by molar-refractivity contribution is 0.0695. The van der Waals surface area contributed by atoms with Gasteiger partial charge in [-0.2, -0.15) is 0 Å². The van der Waals surface area contributed by atoms with E-state index in [1.54, 1.807) is 4.90 Å². The highest BCUT2D eigenvalue weighted by Gasteiger charge is 2.23. The van der Waals surface area contributed by atoms with Crippen molar-refractivity contribution in [3.05, 3.63) is 74.9 Å². The van der Waals surface area contributed by atoms with Crippen LogP contribution in [0.4, 0.5) is 14.5 Å². The molecule has 0 unspecified atom stereocenters. The normalized spacial score (nSPS) is 14.2. The molecule has 1 N–H and O–H groups in total. The van der Waals surface area contributed by atoms with Gasteiger partial charge in [0.2, 0.25) is 5.43 Å². The second-order valence-electron chi connectivity index (χ2n) is 6.87. The van der Waals surface area contributed by atoms with Crippen LogP contribution in [-0.2, 0) is 0 Å². The highest BCUT2D eigenvalue weighted by molar-refractivity contribution is 5.94. The Morgan fingerprint density at radius 3 is 2.30 bits per heavy atom. The Balaban J connectivity index is 1.93. The molecule has 1 fully saturated rings. The number of fused-ring (bicyclic) bond motifs is 1. The van der Waals surface area contributed by atoms with Gasteiger partial charge in [0.25, 0.3) is 0 Å². The number of piperazine rings is 1. The molecule has 0 bridgehead atoms. The standard InChI is InChI=1S/C20H16F2N4O4/c21-12-1-3-13(4-2-12)26-11-15(20(28)29)19(27)14-9-16(22)18(10-17(14)26)24-5-7-25(23-30)8-6-24/h1-4,9-11H,5-8H2,(H,28,29). The molecular weight excluding hydrogens is 398 g/mol. The van der Waals surface area contributed by atoms with Crippen molar-refractivity contribution in [1.82, 2.24) is 9.58 Å². The summed E-state index contributed by atoms with van der Waals surface area (Å²) in [4.78, 5) is 36.6. The van der Waals surface area contributed by atoms with Gasteiger partial charge < -0.3 is 14.6 Å². The minimum atomic E-state index is -1.44. The molecule has 1 saturated heterocycles. The summed E-state index contributed by atoms with van der Waals surface area (Å²) in [6.45, 7) is 1.34. The molecular formula is C20H16F2N4O4. The second kappa shape index (κ2) is 7.54. The van der Waals surface area contributed by atoms with E-state index in [9.17, 15) is 28.4 Å². The average Bonchev–Trinajstić information content (AvgIpc) is 2.74. The summed E-state index contributed by atoms with van der Waals surface area (Å²) in [6, 6.07) is 7.76. The number of hydrogen-bond donors (Lipinski definition) is 1. The smallest absolute Gasteiger partial charge is 0.341 e. The third-order valence-electron chi connectivity index (χ3n) is 5.12. The predicted octanol–water partition coefficient (Wildman–Crippen LogP) is 2.77. The highest BCUT2D eigenvalue weighted by Crippen LogP contribution is 2.28. The Morgan fingerprint density at radius 1 is 1.03 bits per heavy atom. The van der Waals surface area contributed by atoms with Crippen LogP contribution in [0.1, 0.15) is 10.4 Å². The lowest BCUT2D eigenvalue weighted by Gasteiger charge is -2.33. The maximum absolute atomic E-state index is 14.9. The van der Waals surface area contributed by atoms with E-state index in [0.29, 0.717) is 31.9 Å². The van der Waals surface area contributed by atoms with Crippen LogP contribution in [0.5, 0.6) is 0 Å². The summed E-state index contributed by atoms with van der Waals surface area (Å²) in [5, 5.41) is 13.5. The van der Waals surface area contributed by atoms with Crippen LogP contribution < -0.4 is 10.3 Å². The van der Waals surface area contributed by atoms with E-state index >= 15 is 0 Å². The molecule has 1 aromatic heterocycles. The molecule has 1 aliphatic heterocycles. The molecule has 0 saturated carbocycles. The number of carbonyl (C=O) groups is 1. The van der Waals surface area contributed by atoms with Crippen LogP contribution in [0.15, 0.2) is 52.7 Å². The maximum atomic E-state index is 14.9. The third-order valence-corrected chi connectivity index (χ3v) is 5.12. The average molecular weight is 414 g/mol. The quantitative estimate of drug-likeness (QED) is 0.660. The Bertz CT molecular complexity index is 1200. The summed E-state index contributed by atoms with van der Waals surface area (Å²) in [7, 11) is 0. The van der Waals surface area contributed by atoms with Crippen LogP contribution in [0, 0.1) is 16.5 Å². The van der Waals surface area contributed by atoms with Crippen molar-refractivity contribution < 1.29 is 18.7 Å². The molecule has 0 radical (unpaired) electrons. The maximum Gasteiger partial charge on any atom is 0.341 e. The zero-order valence-corrected chi connectivity index (χ0v) is 15.6. The van der Waals surface area contributed by atoms with Crippen LogP contribution in [-0.4, -0.2) is 46.8 Å². The molecule has 4 rings (SSSR count). The first-order valence-electron chi connectivity index (χ1n) is 9.10. The molecule has 0 amide bonds. The van der Waals surface area contributed by atoms with Gasteiger partial charge in [-0.05, 0) is 36.4 Å². The second-order valence-corrected chi connectivity index (χ2v) is 6.87. The van der Waals surface area contributed by atoms with Crippen molar-refractivity contribution in [3.8, 4) is 5.69 Å². The predicted molar refractivity (Wildman–Crippen MR) is 106 cm³/mol. The summed E-state index contributed by atoms with van der Waals surface area (Å²) in [5.74, 6) is -2.60. The zero-order valence-electron chi connectivity index (χ0n) is 15.6. The van der Waals surface area contributed by atoms with Gasteiger partial charge in [0.1, 0.15) is 17.2 Å². The summed E-state index contributed by atoms with van der Waals surface area (Å²) < 4.78 is 29.7. The first-order chi connectivity index (χ1) is 14.4. The molecule has 1 aliphatic rings. The molecule has 0 aliphatic carbocycles. The lowest BCUT2D eigenvalue weighted by atomic mass is 10.1. The minimum Gasteiger partial charge on any atom is -0.477 e. The fourth-order valence-electron chi connectivity index (χ4n) is 3.56. The van der Waals surface area contributed by atoms with E-state index in [1.807, 2.05) is 0 Å². The van der Waals surface area contributed by atoms with Crippen LogP contribution >= 0.6 is 0 Å². The summed E-state index contributed by atoms with van der Waals surface area (Å²) in [5.41, 5.74) is -0.423. The van der Waals surface area contributed by atoms with Crippen molar-refractivity contribution in [2.75, 3.05) is 31.1 Å². The fraction of sp³-hybridized carbons (Fsp3) is 0.200. The monoisotopic (exact) mass is 414 g/mol. The van der Waals surface area contributed by atoms with Crippen molar-refractivity contribution >= 4 is 22.6 Å². The Hall–Kier alpha value is -3.82. The fourth-order valence-corrected chi connectivity index (χ4v) is 3.56. The third kappa shape index (κ3) is 3.36. The van der Waals surface area contributed by atoms with Gasteiger partial charge in [-0.15, -0.1) is 4.91 Å². The lowest BCUT2D eigenvalue weighted by Crippen LogP contribution is -2.44. The SMILES string of the molecule is O=NN1CCN(c2cc3c(cc2F)c(=O)c(C(=O)O)cn3-c2ccc(F)cc2)CC1. The number of rotatable bonds is 4. The molecule has 0 atom stereocenters. The number of benzene rings is 2. The van der Waals surface area contributed by atoms with Gasteiger partial charge >= 0.3 is 5.97 Å². The summed E-state index contributed by atoms with van der Waals surface area (Å²) in [6.07, 6.45) is 1.15. The van der Waals surface area contributed by atoms with E-state index < -0.39 is 28.6 Å². The van der Waals surface area contributed by atoms with Gasteiger partial charge in [-0.25, -0.2) is 13.6 Å². The van der Waals surface area contributed by atoms with E-state index in [2.05, 4.69) is 5.29 Å². The van der Waals surface area contributed by atoms with Crippen molar-refractivity contribution in [3.63, 3.8) is 0 Å². The zero-order chi connectivity index (χ0) is 21.4. The van der Waals surface area contributed by atoms with Gasteiger partial charge in [0.05, 0.1) is 29.6 Å². The Labute approximate surface area is 168 Å². The number of aromatic carboxylic acids is 1. The van der Waals surface area contributed by atoms with E-state index in [-0.39, 0.29) is 16.6 Å². The number of anilines is 1.